The predicted octanol–water partition coefficient (Wildman–Crippen LogP) is 0.795. The van der Waals surface area contributed by atoms with Crippen molar-refractivity contribution in [2.24, 2.45) is 0 Å². The molecule has 2 fully saturated rings. The highest BCUT2D eigenvalue weighted by Gasteiger charge is 2.44. The molecular formula is C22H23N3O5. The molecule has 4 rings (SSSR count). The quantitative estimate of drug-likeness (QED) is 0.778. The zero-order valence-electron chi connectivity index (χ0n) is 16.6. The lowest BCUT2D eigenvalue weighted by Crippen LogP contribution is -2.70. The van der Waals surface area contributed by atoms with Gasteiger partial charge >= 0.3 is 0 Å². The third-order valence-corrected chi connectivity index (χ3v) is 5.56. The highest BCUT2D eigenvalue weighted by molar-refractivity contribution is 5.99. The van der Waals surface area contributed by atoms with Crippen LogP contribution in [0.1, 0.15) is 15.9 Å². The van der Waals surface area contributed by atoms with Crippen molar-refractivity contribution in [2.75, 3.05) is 26.7 Å². The summed E-state index contributed by atoms with van der Waals surface area (Å²) in [5.41, 5.74) is 1.33. The summed E-state index contributed by atoms with van der Waals surface area (Å²) in [4.78, 5) is 41.7. The molecule has 0 radical (unpaired) electrons. The monoisotopic (exact) mass is 409 g/mol. The summed E-state index contributed by atoms with van der Waals surface area (Å²) in [5, 5.41) is 12.2. The van der Waals surface area contributed by atoms with Gasteiger partial charge in [-0.25, -0.2) is 0 Å². The molecule has 156 valence electrons. The number of piperazine rings is 2. The van der Waals surface area contributed by atoms with E-state index in [0.29, 0.717) is 30.8 Å². The third-order valence-electron chi connectivity index (χ3n) is 5.56. The topological polar surface area (TPSA) is 99.2 Å². The van der Waals surface area contributed by atoms with Crippen LogP contribution in [0.3, 0.4) is 0 Å². The molecule has 8 nitrogen and oxygen atoms in total. The molecule has 30 heavy (non-hydrogen) atoms. The minimum atomic E-state index is -0.697. The van der Waals surface area contributed by atoms with E-state index in [9.17, 15) is 19.5 Å². The second kappa shape index (κ2) is 8.06. The van der Waals surface area contributed by atoms with Crippen molar-refractivity contribution in [3.8, 4) is 11.5 Å². The van der Waals surface area contributed by atoms with Crippen molar-refractivity contribution in [1.29, 1.82) is 0 Å². The third kappa shape index (κ3) is 3.80. The molecule has 0 aliphatic carbocycles. The number of hydrogen-bond acceptors (Lipinski definition) is 5. The number of carbonyl (C=O) groups excluding carboxylic acids is 3. The van der Waals surface area contributed by atoms with Crippen molar-refractivity contribution in [2.45, 2.75) is 18.5 Å². The first-order valence-electron chi connectivity index (χ1n) is 9.78. The number of phenols is 1. The average molecular weight is 409 g/mol. The fourth-order valence-corrected chi connectivity index (χ4v) is 3.93. The van der Waals surface area contributed by atoms with Gasteiger partial charge in [0.15, 0.2) is 0 Å². The summed E-state index contributed by atoms with van der Waals surface area (Å²) >= 11 is 0. The van der Waals surface area contributed by atoms with E-state index in [1.165, 1.54) is 7.11 Å². The Labute approximate surface area is 174 Å². The molecule has 2 heterocycles. The Morgan fingerprint density at radius 2 is 1.93 bits per heavy atom. The molecule has 3 amide bonds. The molecule has 2 N–H and O–H groups in total. The van der Waals surface area contributed by atoms with Crippen molar-refractivity contribution in [3.63, 3.8) is 0 Å². The molecule has 0 saturated carbocycles. The molecule has 2 aromatic carbocycles. The fourth-order valence-electron chi connectivity index (χ4n) is 3.93. The summed E-state index contributed by atoms with van der Waals surface area (Å²) in [6, 6.07) is 12.1. The Balaban J connectivity index is 1.45. The van der Waals surface area contributed by atoms with E-state index in [0.717, 1.165) is 5.56 Å². The van der Waals surface area contributed by atoms with Crippen molar-refractivity contribution >= 4 is 17.7 Å². The van der Waals surface area contributed by atoms with Crippen LogP contribution in [0.5, 0.6) is 11.5 Å². The molecule has 2 saturated heterocycles. The Bertz CT molecular complexity index is 975. The molecule has 2 atom stereocenters. The zero-order chi connectivity index (χ0) is 21.3. The normalized spacial score (nSPS) is 21.1. The Hall–Kier alpha value is -3.55. The van der Waals surface area contributed by atoms with E-state index in [1.54, 1.807) is 58.3 Å². The summed E-state index contributed by atoms with van der Waals surface area (Å²) in [6.07, 6.45) is 0.348. The van der Waals surface area contributed by atoms with E-state index in [2.05, 4.69) is 5.32 Å². The van der Waals surface area contributed by atoms with E-state index in [-0.39, 0.29) is 30.0 Å². The number of hydrogen-bond donors (Lipinski definition) is 2. The highest BCUT2D eigenvalue weighted by atomic mass is 16.5. The average Bonchev–Trinajstić information content (AvgIpc) is 2.78. The number of amides is 3. The van der Waals surface area contributed by atoms with Gasteiger partial charge in [-0.15, -0.1) is 0 Å². The maximum atomic E-state index is 12.9. The number of rotatable bonds is 4. The molecule has 0 bridgehead atoms. The largest absolute Gasteiger partial charge is 0.508 e. The summed E-state index contributed by atoms with van der Waals surface area (Å²) in [6.45, 7) is 0.815. The lowest BCUT2D eigenvalue weighted by molar-refractivity contribution is -0.152. The molecule has 2 aliphatic rings. The van der Waals surface area contributed by atoms with Crippen LogP contribution in [-0.2, 0) is 16.0 Å². The van der Waals surface area contributed by atoms with Gasteiger partial charge in [0, 0.05) is 25.1 Å². The maximum absolute atomic E-state index is 12.9. The minimum Gasteiger partial charge on any atom is -0.508 e. The van der Waals surface area contributed by atoms with Crippen LogP contribution >= 0.6 is 0 Å². The molecule has 2 aromatic rings. The SMILES string of the molecule is COc1cccc(C(=O)N2CCN3C(=O)[C@H](Cc4ccc(O)cc4)NC(=O)[C@H]3C2)c1. The number of phenolic OH excluding ortho intramolecular Hbond substituents is 1. The van der Waals surface area contributed by atoms with Crippen LogP contribution in [-0.4, -0.2) is 71.5 Å². The molecular weight excluding hydrogens is 386 g/mol. The van der Waals surface area contributed by atoms with Crippen LogP contribution in [0.15, 0.2) is 48.5 Å². The Kier molecular flexibility index (Phi) is 5.31. The first-order valence-corrected chi connectivity index (χ1v) is 9.78. The lowest BCUT2D eigenvalue weighted by Gasteiger charge is -2.45. The predicted molar refractivity (Wildman–Crippen MR) is 108 cm³/mol. The fraction of sp³-hybridized carbons (Fsp3) is 0.318. The molecule has 8 heteroatoms. The number of benzene rings is 2. The number of nitrogens with one attached hydrogen (secondary N) is 1. The number of ether oxygens (including phenoxy) is 1. The second-order valence-corrected chi connectivity index (χ2v) is 7.46. The molecule has 0 aromatic heterocycles. The van der Waals surface area contributed by atoms with Gasteiger partial charge in [0.05, 0.1) is 13.7 Å². The lowest BCUT2D eigenvalue weighted by atomic mass is 9.98. The van der Waals surface area contributed by atoms with Crippen molar-refractivity contribution < 1.29 is 24.2 Å². The van der Waals surface area contributed by atoms with Gasteiger partial charge in [-0.3, -0.25) is 14.4 Å². The Morgan fingerprint density at radius 1 is 1.17 bits per heavy atom. The molecule has 0 spiro atoms. The van der Waals surface area contributed by atoms with E-state index >= 15 is 0 Å². The van der Waals surface area contributed by atoms with Gasteiger partial charge in [0.1, 0.15) is 23.6 Å². The molecule has 0 unspecified atom stereocenters. The van der Waals surface area contributed by atoms with Crippen molar-refractivity contribution in [1.82, 2.24) is 15.1 Å². The van der Waals surface area contributed by atoms with Gasteiger partial charge < -0.3 is 25.0 Å². The van der Waals surface area contributed by atoms with Crippen LogP contribution < -0.4 is 10.1 Å². The van der Waals surface area contributed by atoms with Gasteiger partial charge in [-0.1, -0.05) is 18.2 Å². The summed E-state index contributed by atoms with van der Waals surface area (Å²) < 4.78 is 5.17. The summed E-state index contributed by atoms with van der Waals surface area (Å²) in [5.74, 6) is 0.125. The van der Waals surface area contributed by atoms with E-state index in [4.69, 9.17) is 4.74 Å². The van der Waals surface area contributed by atoms with Gasteiger partial charge in [0.2, 0.25) is 11.8 Å². The van der Waals surface area contributed by atoms with Gasteiger partial charge in [-0.2, -0.15) is 0 Å². The smallest absolute Gasteiger partial charge is 0.254 e. The van der Waals surface area contributed by atoms with Crippen molar-refractivity contribution in [3.05, 3.63) is 59.7 Å². The maximum Gasteiger partial charge on any atom is 0.254 e. The number of carbonyl (C=O) groups is 3. The minimum absolute atomic E-state index is 0.148. The van der Waals surface area contributed by atoms with Gasteiger partial charge in [0.25, 0.3) is 5.91 Å². The standard InChI is InChI=1S/C22H23N3O5/c1-30-17-4-2-3-15(12-17)21(28)24-9-10-25-19(13-24)20(27)23-18(22(25)29)11-14-5-7-16(26)8-6-14/h2-8,12,18-19,26H,9-11,13H2,1H3,(H,23,27)/t18-,19+/m0/s1. The number of fused-ring (bicyclic) bond motifs is 1. The van der Waals surface area contributed by atoms with Gasteiger partial charge in [-0.05, 0) is 35.9 Å². The van der Waals surface area contributed by atoms with Crippen LogP contribution in [0.2, 0.25) is 0 Å². The first-order chi connectivity index (χ1) is 14.5. The highest BCUT2D eigenvalue weighted by Crippen LogP contribution is 2.21. The van der Waals surface area contributed by atoms with Crippen LogP contribution in [0, 0.1) is 0 Å². The van der Waals surface area contributed by atoms with E-state index < -0.39 is 12.1 Å². The number of methoxy groups -OCH3 is 1. The first kappa shape index (κ1) is 19.8. The van der Waals surface area contributed by atoms with Crippen LogP contribution in [0.4, 0.5) is 0 Å². The summed E-state index contributed by atoms with van der Waals surface area (Å²) in [7, 11) is 1.54. The Morgan fingerprint density at radius 3 is 2.67 bits per heavy atom. The second-order valence-electron chi connectivity index (χ2n) is 7.46. The van der Waals surface area contributed by atoms with E-state index in [1.807, 2.05) is 0 Å². The molecule has 2 aliphatic heterocycles. The van der Waals surface area contributed by atoms with Crippen LogP contribution in [0.25, 0.3) is 0 Å². The zero-order valence-corrected chi connectivity index (χ0v) is 16.6. The number of aromatic hydroxyl groups is 1. The number of nitrogens with zero attached hydrogens (tertiary/aromatic N) is 2.